The molecule has 1 aromatic carbocycles. The molecule has 3 nitrogen and oxygen atoms in total. The van der Waals surface area contributed by atoms with Crippen LogP contribution in [0.1, 0.15) is 5.56 Å². The Labute approximate surface area is 118 Å². The van der Waals surface area contributed by atoms with Gasteiger partial charge in [0.25, 0.3) is 0 Å². The van der Waals surface area contributed by atoms with Crippen molar-refractivity contribution in [3.8, 4) is 0 Å². The van der Waals surface area contributed by atoms with E-state index in [4.69, 9.17) is 0 Å². The number of rotatable bonds is 3. The van der Waals surface area contributed by atoms with E-state index in [0.29, 0.717) is 11.0 Å². The maximum absolute atomic E-state index is 13.0. The second-order valence-corrected chi connectivity index (χ2v) is 5.03. The minimum atomic E-state index is -0.256. The summed E-state index contributed by atoms with van der Waals surface area (Å²) in [4.78, 5) is 0. The summed E-state index contributed by atoms with van der Waals surface area (Å²) in [6, 6.07) is 10.5. The molecule has 3 aromatic rings. The number of pyridine rings is 1. The molecule has 0 fully saturated rings. The highest BCUT2D eigenvalue weighted by Crippen LogP contribution is 2.24. The third kappa shape index (κ3) is 2.46. The molecule has 1 N–H and O–H groups in total. The third-order valence-electron chi connectivity index (χ3n) is 2.91. The Bertz CT molecular complexity index is 724. The van der Waals surface area contributed by atoms with Gasteiger partial charge in [0.05, 0.1) is 11.7 Å². The summed E-state index contributed by atoms with van der Waals surface area (Å²) in [6.45, 7) is 0.637. The van der Waals surface area contributed by atoms with Crippen molar-refractivity contribution in [2.75, 3.05) is 5.32 Å². The fourth-order valence-electron chi connectivity index (χ4n) is 1.95. The quantitative estimate of drug-likeness (QED) is 0.794. The van der Waals surface area contributed by atoms with Crippen LogP contribution in [0.25, 0.3) is 5.52 Å². The first-order chi connectivity index (χ1) is 9.24. The molecule has 0 aliphatic heterocycles. The summed E-state index contributed by atoms with van der Waals surface area (Å²) < 4.78 is 15.5. The molecule has 0 atom stereocenters. The fourth-order valence-corrected chi connectivity index (χ4v) is 2.44. The smallest absolute Gasteiger partial charge is 0.124 e. The highest BCUT2D eigenvalue weighted by Gasteiger charge is 2.05. The van der Waals surface area contributed by atoms with E-state index in [1.54, 1.807) is 6.07 Å². The van der Waals surface area contributed by atoms with Gasteiger partial charge in [-0.05, 0) is 46.3 Å². The molecule has 2 aromatic heterocycles. The summed E-state index contributed by atoms with van der Waals surface area (Å²) >= 11 is 3.34. The van der Waals surface area contributed by atoms with Crippen molar-refractivity contribution in [2.24, 2.45) is 0 Å². The number of aromatic nitrogens is 2. The molecule has 2 heterocycles. The van der Waals surface area contributed by atoms with Crippen LogP contribution >= 0.6 is 15.9 Å². The Kier molecular flexibility index (Phi) is 3.21. The molecule has 19 heavy (non-hydrogen) atoms. The van der Waals surface area contributed by atoms with Gasteiger partial charge in [-0.3, -0.25) is 0 Å². The number of benzene rings is 1. The maximum Gasteiger partial charge on any atom is 0.124 e. The molecule has 0 bridgehead atoms. The van der Waals surface area contributed by atoms with Crippen molar-refractivity contribution in [2.45, 2.75) is 6.54 Å². The van der Waals surface area contributed by atoms with Crippen molar-refractivity contribution in [1.82, 2.24) is 9.61 Å². The first-order valence-corrected chi connectivity index (χ1v) is 6.63. The predicted molar refractivity (Wildman–Crippen MR) is 76.6 cm³/mol. The van der Waals surface area contributed by atoms with Crippen LogP contribution in [-0.2, 0) is 6.54 Å². The lowest BCUT2D eigenvalue weighted by Gasteiger charge is -2.07. The largest absolute Gasteiger partial charge is 0.380 e. The van der Waals surface area contributed by atoms with Gasteiger partial charge in [0.2, 0.25) is 0 Å². The zero-order valence-electron chi connectivity index (χ0n) is 9.98. The molecule has 0 aliphatic rings. The van der Waals surface area contributed by atoms with Gasteiger partial charge in [-0.2, -0.15) is 5.10 Å². The highest BCUT2D eigenvalue weighted by atomic mass is 79.9. The van der Waals surface area contributed by atoms with Crippen molar-refractivity contribution < 1.29 is 4.39 Å². The summed E-state index contributed by atoms with van der Waals surface area (Å²) in [5.41, 5.74) is 3.02. The van der Waals surface area contributed by atoms with E-state index in [1.165, 1.54) is 12.1 Å². The Hall–Kier alpha value is -1.88. The monoisotopic (exact) mass is 319 g/mol. The normalized spacial score (nSPS) is 10.8. The van der Waals surface area contributed by atoms with Crippen molar-refractivity contribution in [3.05, 3.63) is 64.6 Å². The Morgan fingerprint density at radius 2 is 2.16 bits per heavy atom. The van der Waals surface area contributed by atoms with E-state index in [-0.39, 0.29) is 5.82 Å². The number of fused-ring (bicyclic) bond motifs is 1. The van der Waals surface area contributed by atoms with Gasteiger partial charge >= 0.3 is 0 Å². The minimum Gasteiger partial charge on any atom is -0.380 e. The van der Waals surface area contributed by atoms with Crippen LogP contribution < -0.4 is 5.32 Å². The predicted octanol–water partition coefficient (Wildman–Crippen LogP) is 3.85. The van der Waals surface area contributed by atoms with E-state index >= 15 is 0 Å². The zero-order valence-corrected chi connectivity index (χ0v) is 11.6. The van der Waals surface area contributed by atoms with Gasteiger partial charge in [0, 0.05) is 28.5 Å². The summed E-state index contributed by atoms with van der Waals surface area (Å²) in [5, 5.41) is 7.54. The lowest BCUT2D eigenvalue weighted by atomic mass is 10.2. The maximum atomic E-state index is 13.0. The number of hydrogen-bond acceptors (Lipinski definition) is 2. The van der Waals surface area contributed by atoms with Crippen LogP contribution in [0.2, 0.25) is 0 Å². The molecular formula is C14H11BrFN3. The van der Waals surface area contributed by atoms with Crippen LogP contribution in [0.15, 0.2) is 53.3 Å². The average molecular weight is 320 g/mol. The number of hydrogen-bond donors (Lipinski definition) is 1. The molecule has 0 unspecified atom stereocenters. The second kappa shape index (κ2) is 5.01. The lowest BCUT2D eigenvalue weighted by Crippen LogP contribution is -2.00. The number of anilines is 1. The van der Waals surface area contributed by atoms with Gasteiger partial charge in [0.15, 0.2) is 0 Å². The highest BCUT2D eigenvalue weighted by molar-refractivity contribution is 9.10. The Morgan fingerprint density at radius 3 is 3.00 bits per heavy atom. The van der Waals surface area contributed by atoms with Gasteiger partial charge in [-0.25, -0.2) is 8.91 Å². The van der Waals surface area contributed by atoms with E-state index in [1.807, 2.05) is 35.1 Å². The first-order valence-electron chi connectivity index (χ1n) is 5.84. The van der Waals surface area contributed by atoms with Gasteiger partial charge in [0.1, 0.15) is 5.82 Å². The summed E-state index contributed by atoms with van der Waals surface area (Å²) in [5.74, 6) is -0.256. The summed E-state index contributed by atoms with van der Waals surface area (Å²) in [6.07, 6.45) is 3.74. The molecule has 0 radical (unpaired) electrons. The van der Waals surface area contributed by atoms with E-state index in [9.17, 15) is 4.39 Å². The molecule has 0 saturated carbocycles. The number of nitrogens with zero attached hydrogens (tertiary/aromatic N) is 2. The lowest BCUT2D eigenvalue weighted by molar-refractivity contribution is 0.627. The molecule has 0 amide bonds. The van der Waals surface area contributed by atoms with E-state index < -0.39 is 0 Å². The summed E-state index contributed by atoms with van der Waals surface area (Å²) in [7, 11) is 0. The van der Waals surface area contributed by atoms with Crippen molar-refractivity contribution in [3.63, 3.8) is 0 Å². The molecule has 5 heteroatoms. The molecule has 0 aliphatic carbocycles. The minimum absolute atomic E-state index is 0.256. The van der Waals surface area contributed by atoms with Gasteiger partial charge in [-0.15, -0.1) is 0 Å². The van der Waals surface area contributed by atoms with Crippen LogP contribution in [-0.4, -0.2) is 9.61 Å². The Balaban J connectivity index is 1.82. The topological polar surface area (TPSA) is 29.3 Å². The molecule has 3 rings (SSSR count). The molecular weight excluding hydrogens is 309 g/mol. The fraction of sp³-hybridized carbons (Fsp3) is 0.0714. The molecule has 0 spiro atoms. The average Bonchev–Trinajstić information content (AvgIpc) is 2.81. The van der Waals surface area contributed by atoms with Gasteiger partial charge < -0.3 is 5.32 Å². The van der Waals surface area contributed by atoms with Crippen LogP contribution in [0.3, 0.4) is 0 Å². The van der Waals surface area contributed by atoms with Crippen LogP contribution in [0.4, 0.5) is 10.1 Å². The van der Waals surface area contributed by atoms with Crippen molar-refractivity contribution in [1.29, 1.82) is 0 Å². The van der Waals surface area contributed by atoms with Crippen molar-refractivity contribution >= 4 is 27.1 Å². The molecule has 0 saturated heterocycles. The first kappa shape index (κ1) is 12.2. The van der Waals surface area contributed by atoms with Gasteiger partial charge in [-0.1, -0.05) is 6.07 Å². The van der Waals surface area contributed by atoms with E-state index in [0.717, 1.165) is 16.8 Å². The third-order valence-corrected chi connectivity index (χ3v) is 3.56. The van der Waals surface area contributed by atoms with E-state index in [2.05, 4.69) is 26.3 Å². The number of halogens is 2. The molecule has 96 valence electrons. The SMILES string of the molecule is Fc1ccc(NCc2cnn3ccccc23)c(Br)c1. The van der Waals surface area contributed by atoms with Crippen LogP contribution in [0, 0.1) is 5.82 Å². The zero-order chi connectivity index (χ0) is 13.2. The standard InChI is InChI=1S/C14H11BrFN3/c15-12-7-11(16)4-5-13(12)17-8-10-9-18-19-6-2-1-3-14(10)19/h1-7,9,17H,8H2. The Morgan fingerprint density at radius 1 is 1.26 bits per heavy atom. The number of nitrogens with one attached hydrogen (secondary N) is 1. The van der Waals surface area contributed by atoms with Crippen LogP contribution in [0.5, 0.6) is 0 Å². The second-order valence-electron chi connectivity index (χ2n) is 4.18.